The second-order valence-electron chi connectivity index (χ2n) is 5.15. The number of nitrogens with zero attached hydrogens (tertiary/aromatic N) is 2. The van der Waals surface area contributed by atoms with Crippen LogP contribution in [0.2, 0.25) is 0 Å². The molecule has 5 nitrogen and oxygen atoms in total. The van der Waals surface area contributed by atoms with Gasteiger partial charge in [-0.25, -0.2) is 4.39 Å². The lowest BCUT2D eigenvalue weighted by Crippen LogP contribution is -2.37. The lowest BCUT2D eigenvalue weighted by Gasteiger charge is -2.27. The first kappa shape index (κ1) is 17.8. The molecule has 7 heteroatoms. The quantitative estimate of drug-likeness (QED) is 0.647. The number of rotatable bonds is 6. The van der Waals surface area contributed by atoms with Crippen molar-refractivity contribution in [2.75, 3.05) is 19.6 Å². The number of hydrogen-bond donors (Lipinski definition) is 1. The van der Waals surface area contributed by atoms with Gasteiger partial charge >= 0.3 is 0 Å². The smallest absolute Gasteiger partial charge is 0.274 e. The number of benzene rings is 1. The molecule has 1 fully saturated rings. The Kier molecular flexibility index (Phi) is 7.01. The van der Waals surface area contributed by atoms with Crippen LogP contribution >= 0.6 is 12.4 Å². The maximum atomic E-state index is 13.4. The first-order valence-corrected chi connectivity index (χ1v) is 6.99. The third kappa shape index (κ3) is 4.62. The summed E-state index contributed by atoms with van der Waals surface area (Å²) >= 11 is 0. The standard InChI is InChI=1S/C14H20FN3O2.ClH/c1-2-7-17(13-5-6-16-9-13)10-11-8-12(15)3-4-14(11)18(19)20;/h3-4,8,13,16H,2,5-7,9-10H2,1H3;1H. The summed E-state index contributed by atoms with van der Waals surface area (Å²) in [6.45, 7) is 5.23. The number of nitrogens with one attached hydrogen (secondary N) is 1. The predicted molar refractivity (Wildman–Crippen MR) is 82.3 cm³/mol. The van der Waals surface area contributed by atoms with Crippen molar-refractivity contribution in [3.8, 4) is 0 Å². The first-order chi connectivity index (χ1) is 9.61. The minimum Gasteiger partial charge on any atom is -0.315 e. The Balaban J connectivity index is 0.00000220. The number of nitro benzene ring substituents is 1. The molecule has 2 rings (SSSR count). The van der Waals surface area contributed by atoms with E-state index in [4.69, 9.17) is 0 Å². The van der Waals surface area contributed by atoms with Crippen molar-refractivity contribution in [1.82, 2.24) is 10.2 Å². The van der Waals surface area contributed by atoms with E-state index in [1.54, 1.807) is 0 Å². The van der Waals surface area contributed by atoms with Crippen LogP contribution < -0.4 is 5.32 Å². The lowest BCUT2D eigenvalue weighted by molar-refractivity contribution is -0.385. The minimum atomic E-state index is -0.439. The van der Waals surface area contributed by atoms with Crippen molar-refractivity contribution in [2.24, 2.45) is 0 Å². The Morgan fingerprint density at radius 2 is 2.29 bits per heavy atom. The second kappa shape index (κ2) is 8.26. The van der Waals surface area contributed by atoms with Gasteiger partial charge in [0.2, 0.25) is 0 Å². The number of hydrogen-bond acceptors (Lipinski definition) is 4. The molecule has 1 heterocycles. The average Bonchev–Trinajstić information content (AvgIpc) is 2.91. The molecule has 1 aromatic carbocycles. The van der Waals surface area contributed by atoms with E-state index in [1.807, 2.05) is 0 Å². The SMILES string of the molecule is CCCN(Cc1cc(F)ccc1[N+](=O)[O-])C1CCNC1.Cl. The van der Waals surface area contributed by atoms with E-state index >= 15 is 0 Å². The van der Waals surface area contributed by atoms with Gasteiger partial charge < -0.3 is 5.32 Å². The highest BCUT2D eigenvalue weighted by Crippen LogP contribution is 2.23. The topological polar surface area (TPSA) is 58.4 Å². The van der Waals surface area contributed by atoms with Crippen LogP contribution in [0.3, 0.4) is 0 Å². The van der Waals surface area contributed by atoms with E-state index in [0.29, 0.717) is 18.2 Å². The maximum Gasteiger partial charge on any atom is 0.274 e. The molecule has 0 aromatic heterocycles. The van der Waals surface area contributed by atoms with Crippen LogP contribution in [0.1, 0.15) is 25.3 Å². The molecule has 1 atom stereocenters. The van der Waals surface area contributed by atoms with Gasteiger partial charge in [0.15, 0.2) is 0 Å². The van der Waals surface area contributed by atoms with Crippen molar-refractivity contribution in [2.45, 2.75) is 32.4 Å². The van der Waals surface area contributed by atoms with E-state index < -0.39 is 10.7 Å². The van der Waals surface area contributed by atoms with E-state index in [9.17, 15) is 14.5 Å². The van der Waals surface area contributed by atoms with Crippen LogP contribution in [-0.4, -0.2) is 35.5 Å². The van der Waals surface area contributed by atoms with Crippen molar-refractivity contribution in [3.63, 3.8) is 0 Å². The fourth-order valence-electron chi connectivity index (χ4n) is 2.71. The Morgan fingerprint density at radius 3 is 2.86 bits per heavy atom. The highest BCUT2D eigenvalue weighted by Gasteiger charge is 2.24. The highest BCUT2D eigenvalue weighted by atomic mass is 35.5. The molecule has 1 aromatic rings. The van der Waals surface area contributed by atoms with E-state index in [0.717, 1.165) is 38.5 Å². The first-order valence-electron chi connectivity index (χ1n) is 6.99. The van der Waals surface area contributed by atoms with Crippen LogP contribution in [0, 0.1) is 15.9 Å². The molecule has 1 aliphatic rings. The summed E-state index contributed by atoms with van der Waals surface area (Å²) in [4.78, 5) is 12.8. The molecule has 1 saturated heterocycles. The van der Waals surface area contributed by atoms with Crippen molar-refractivity contribution < 1.29 is 9.31 Å². The van der Waals surface area contributed by atoms with Crippen molar-refractivity contribution in [1.29, 1.82) is 0 Å². The van der Waals surface area contributed by atoms with Crippen LogP contribution in [0.15, 0.2) is 18.2 Å². The van der Waals surface area contributed by atoms with Gasteiger partial charge in [0.1, 0.15) is 5.82 Å². The van der Waals surface area contributed by atoms with Gasteiger partial charge in [-0.15, -0.1) is 12.4 Å². The molecule has 0 bridgehead atoms. The van der Waals surface area contributed by atoms with Crippen LogP contribution in [0.5, 0.6) is 0 Å². The molecule has 1 aliphatic heterocycles. The Hall–Kier alpha value is -1.24. The average molecular weight is 318 g/mol. The van der Waals surface area contributed by atoms with E-state index in [2.05, 4.69) is 17.1 Å². The lowest BCUT2D eigenvalue weighted by atomic mass is 10.1. The molecular weight excluding hydrogens is 297 g/mol. The third-order valence-electron chi connectivity index (χ3n) is 3.67. The molecule has 0 radical (unpaired) electrons. The van der Waals surface area contributed by atoms with Gasteiger partial charge in [0, 0.05) is 30.8 Å². The number of halogens is 2. The minimum absolute atomic E-state index is 0. The molecule has 0 aliphatic carbocycles. The van der Waals surface area contributed by atoms with Crippen LogP contribution in [0.25, 0.3) is 0 Å². The fraction of sp³-hybridized carbons (Fsp3) is 0.571. The van der Waals surface area contributed by atoms with E-state index in [1.165, 1.54) is 12.1 Å². The van der Waals surface area contributed by atoms with Gasteiger partial charge in [-0.2, -0.15) is 0 Å². The zero-order valence-corrected chi connectivity index (χ0v) is 12.9. The largest absolute Gasteiger partial charge is 0.315 e. The molecular formula is C14H21ClFN3O2. The van der Waals surface area contributed by atoms with Crippen molar-refractivity contribution in [3.05, 3.63) is 39.7 Å². The molecule has 0 amide bonds. The number of nitro groups is 1. The predicted octanol–water partition coefficient (Wildman–Crippen LogP) is 2.73. The second-order valence-corrected chi connectivity index (χ2v) is 5.15. The van der Waals surface area contributed by atoms with Crippen LogP contribution in [0.4, 0.5) is 10.1 Å². The van der Waals surface area contributed by atoms with E-state index in [-0.39, 0.29) is 18.1 Å². The molecule has 0 saturated carbocycles. The monoisotopic (exact) mass is 317 g/mol. The van der Waals surface area contributed by atoms with Gasteiger partial charge in [0.05, 0.1) is 4.92 Å². The summed E-state index contributed by atoms with van der Waals surface area (Å²) in [5.74, 6) is -0.424. The molecule has 118 valence electrons. The third-order valence-corrected chi connectivity index (χ3v) is 3.67. The van der Waals surface area contributed by atoms with Gasteiger partial charge in [0.25, 0.3) is 5.69 Å². The summed E-state index contributed by atoms with van der Waals surface area (Å²) < 4.78 is 13.4. The maximum absolute atomic E-state index is 13.4. The summed E-state index contributed by atoms with van der Waals surface area (Å²) in [7, 11) is 0. The Bertz CT molecular complexity index is 481. The molecule has 1 N–H and O–H groups in total. The van der Waals surface area contributed by atoms with Crippen LogP contribution in [-0.2, 0) is 6.54 Å². The highest BCUT2D eigenvalue weighted by molar-refractivity contribution is 5.85. The normalized spacial score (nSPS) is 17.8. The fourth-order valence-corrected chi connectivity index (χ4v) is 2.71. The molecule has 0 spiro atoms. The van der Waals surface area contributed by atoms with Gasteiger partial charge in [-0.3, -0.25) is 15.0 Å². The molecule has 1 unspecified atom stereocenters. The van der Waals surface area contributed by atoms with Gasteiger partial charge in [-0.1, -0.05) is 6.92 Å². The summed E-state index contributed by atoms with van der Waals surface area (Å²) in [5.41, 5.74) is 0.453. The Morgan fingerprint density at radius 1 is 1.52 bits per heavy atom. The summed E-state index contributed by atoms with van der Waals surface area (Å²) in [6.07, 6.45) is 2.00. The summed E-state index contributed by atoms with van der Waals surface area (Å²) in [6, 6.07) is 4.05. The van der Waals surface area contributed by atoms with Crippen molar-refractivity contribution >= 4 is 18.1 Å². The summed E-state index contributed by atoms with van der Waals surface area (Å²) in [5, 5.41) is 14.3. The van der Waals surface area contributed by atoms with Gasteiger partial charge in [-0.05, 0) is 38.1 Å². The zero-order valence-electron chi connectivity index (χ0n) is 12.0. The molecule has 21 heavy (non-hydrogen) atoms. The zero-order chi connectivity index (χ0) is 14.5. The Labute approximate surface area is 130 Å².